The molecule has 1 N–H and O–H groups in total. The number of piperidine rings is 1. The number of benzene rings is 1. The number of aliphatic hydroxyl groups excluding tert-OH is 1. The summed E-state index contributed by atoms with van der Waals surface area (Å²) in [5, 5.41) is 9.27. The van der Waals surface area contributed by atoms with E-state index in [0.29, 0.717) is 5.56 Å². The predicted molar refractivity (Wildman–Crippen MR) is 71.9 cm³/mol. The van der Waals surface area contributed by atoms with Crippen LogP contribution in [0.1, 0.15) is 28.8 Å². The smallest absolute Gasteiger partial charge is 0.383 e. The van der Waals surface area contributed by atoms with Gasteiger partial charge in [0, 0.05) is 18.7 Å². The van der Waals surface area contributed by atoms with Gasteiger partial charge in [-0.2, -0.15) is 13.2 Å². The number of amides is 1. The molecule has 0 radical (unpaired) electrons. The molecule has 21 heavy (non-hydrogen) atoms. The summed E-state index contributed by atoms with van der Waals surface area (Å²) in [6, 6.07) is 7.14. The highest BCUT2D eigenvalue weighted by molar-refractivity contribution is 5.95. The van der Waals surface area contributed by atoms with Crippen LogP contribution in [0.15, 0.2) is 24.3 Å². The number of carbonyl (C=O) groups excluding carboxylic acids is 1. The van der Waals surface area contributed by atoms with Gasteiger partial charge >= 0.3 is 6.18 Å². The lowest BCUT2D eigenvalue weighted by atomic mass is 9.90. The molecule has 0 aliphatic carbocycles. The van der Waals surface area contributed by atoms with Gasteiger partial charge in [-0.15, -0.1) is 0 Å². The fraction of sp³-hybridized carbons (Fsp3) is 0.533. The number of likely N-dealkylation sites (tertiary alicyclic amines) is 1. The Labute approximate surface area is 121 Å². The van der Waals surface area contributed by atoms with Crippen LogP contribution in [0.3, 0.4) is 0 Å². The summed E-state index contributed by atoms with van der Waals surface area (Å²) in [5.74, 6) is -0.987. The second-order valence-electron chi connectivity index (χ2n) is 5.43. The zero-order chi connectivity index (χ0) is 15.6. The average Bonchev–Trinajstić information content (AvgIpc) is 2.45. The lowest BCUT2D eigenvalue weighted by Crippen LogP contribution is -2.45. The summed E-state index contributed by atoms with van der Waals surface area (Å²) >= 11 is 0. The van der Waals surface area contributed by atoms with Crippen molar-refractivity contribution >= 4 is 5.91 Å². The summed E-state index contributed by atoms with van der Waals surface area (Å²) in [6.07, 6.45) is -6.56. The average molecular weight is 301 g/mol. The maximum atomic E-state index is 12.5. The quantitative estimate of drug-likeness (QED) is 0.912. The van der Waals surface area contributed by atoms with Gasteiger partial charge in [0.25, 0.3) is 5.91 Å². The topological polar surface area (TPSA) is 40.5 Å². The van der Waals surface area contributed by atoms with Gasteiger partial charge in [-0.25, -0.2) is 0 Å². The van der Waals surface area contributed by atoms with E-state index in [-0.39, 0.29) is 31.8 Å². The van der Waals surface area contributed by atoms with Crippen molar-refractivity contribution in [1.29, 1.82) is 0 Å². The van der Waals surface area contributed by atoms with Gasteiger partial charge in [0.05, 0.1) is 0 Å². The van der Waals surface area contributed by atoms with Gasteiger partial charge in [-0.1, -0.05) is 18.2 Å². The van der Waals surface area contributed by atoms with E-state index in [1.807, 2.05) is 19.1 Å². The largest absolute Gasteiger partial charge is 0.414 e. The highest BCUT2D eigenvalue weighted by atomic mass is 19.4. The first-order chi connectivity index (χ1) is 9.80. The van der Waals surface area contributed by atoms with Crippen molar-refractivity contribution in [3.8, 4) is 0 Å². The van der Waals surface area contributed by atoms with Crippen molar-refractivity contribution in [2.75, 3.05) is 13.1 Å². The normalized spacial score (nSPS) is 18.6. The molecule has 1 fully saturated rings. The Bertz CT molecular complexity index is 508. The zero-order valence-electron chi connectivity index (χ0n) is 11.7. The van der Waals surface area contributed by atoms with Crippen LogP contribution in [0.4, 0.5) is 13.2 Å². The van der Waals surface area contributed by atoms with Crippen LogP contribution in [0, 0.1) is 12.8 Å². The second kappa shape index (κ2) is 6.05. The number of aliphatic hydroxyl groups is 1. The van der Waals surface area contributed by atoms with E-state index >= 15 is 0 Å². The zero-order valence-corrected chi connectivity index (χ0v) is 11.7. The number of carbonyl (C=O) groups is 1. The van der Waals surface area contributed by atoms with E-state index in [0.717, 1.165) is 5.56 Å². The molecule has 0 saturated carbocycles. The standard InChI is InChI=1S/C15H18F3NO2/c1-10-4-2-3-5-12(10)14(21)19-8-6-11(7-9-19)13(20)15(16,17)18/h2-5,11,13,20H,6-9H2,1H3. The summed E-state index contributed by atoms with van der Waals surface area (Å²) in [7, 11) is 0. The maximum Gasteiger partial charge on any atom is 0.414 e. The number of halogens is 3. The predicted octanol–water partition coefficient (Wildman–Crippen LogP) is 2.77. The first-order valence-corrected chi connectivity index (χ1v) is 6.90. The summed E-state index contributed by atoms with van der Waals surface area (Å²) in [5.41, 5.74) is 1.42. The van der Waals surface area contributed by atoms with Gasteiger partial charge in [-0.3, -0.25) is 4.79 Å². The molecule has 1 amide bonds. The molecule has 1 heterocycles. The minimum Gasteiger partial charge on any atom is -0.383 e. The van der Waals surface area contributed by atoms with Crippen molar-refractivity contribution < 1.29 is 23.1 Å². The van der Waals surface area contributed by atoms with E-state index < -0.39 is 18.2 Å². The molecule has 1 aliphatic rings. The van der Waals surface area contributed by atoms with E-state index in [9.17, 15) is 23.1 Å². The fourth-order valence-corrected chi connectivity index (χ4v) is 2.67. The molecular weight excluding hydrogens is 283 g/mol. The number of hydrogen-bond donors (Lipinski definition) is 1. The molecule has 1 aromatic rings. The third-order valence-electron chi connectivity index (χ3n) is 3.98. The van der Waals surface area contributed by atoms with Gasteiger partial charge in [0.2, 0.25) is 0 Å². The molecule has 1 saturated heterocycles. The Hall–Kier alpha value is -1.56. The molecule has 1 aliphatic heterocycles. The number of rotatable bonds is 2. The van der Waals surface area contributed by atoms with Crippen molar-refractivity contribution in [2.24, 2.45) is 5.92 Å². The van der Waals surface area contributed by atoms with Gasteiger partial charge in [0.15, 0.2) is 6.10 Å². The Morgan fingerprint density at radius 3 is 2.38 bits per heavy atom. The summed E-state index contributed by atoms with van der Waals surface area (Å²) in [6.45, 7) is 2.31. The van der Waals surface area contributed by atoms with Crippen LogP contribution in [0.5, 0.6) is 0 Å². The number of hydrogen-bond acceptors (Lipinski definition) is 2. The SMILES string of the molecule is Cc1ccccc1C(=O)N1CCC(C(O)C(F)(F)F)CC1. The second-order valence-corrected chi connectivity index (χ2v) is 5.43. The molecule has 0 spiro atoms. The van der Waals surface area contributed by atoms with Crippen LogP contribution in [-0.2, 0) is 0 Å². The molecule has 2 rings (SSSR count). The lowest BCUT2D eigenvalue weighted by molar-refractivity contribution is -0.222. The van der Waals surface area contributed by atoms with Crippen molar-refractivity contribution in [3.63, 3.8) is 0 Å². The van der Waals surface area contributed by atoms with E-state index in [1.54, 1.807) is 17.0 Å². The molecule has 6 heteroatoms. The minimum absolute atomic E-state index is 0.159. The van der Waals surface area contributed by atoms with E-state index in [4.69, 9.17) is 0 Å². The van der Waals surface area contributed by atoms with Crippen molar-refractivity contribution in [3.05, 3.63) is 35.4 Å². The Balaban J connectivity index is 1.98. The number of aryl methyl sites for hydroxylation is 1. The molecule has 1 aromatic carbocycles. The first-order valence-electron chi connectivity index (χ1n) is 6.90. The van der Waals surface area contributed by atoms with Gasteiger partial charge < -0.3 is 10.0 Å². The molecule has 116 valence electrons. The van der Waals surface area contributed by atoms with Gasteiger partial charge in [0.1, 0.15) is 0 Å². The summed E-state index contributed by atoms with van der Waals surface area (Å²) < 4.78 is 37.4. The van der Waals surface area contributed by atoms with E-state index in [2.05, 4.69) is 0 Å². The van der Waals surface area contributed by atoms with E-state index in [1.165, 1.54) is 0 Å². The Morgan fingerprint density at radius 1 is 1.29 bits per heavy atom. The number of alkyl halides is 3. The molecule has 3 nitrogen and oxygen atoms in total. The minimum atomic E-state index is -4.59. The summed E-state index contributed by atoms with van der Waals surface area (Å²) in [4.78, 5) is 13.9. The lowest BCUT2D eigenvalue weighted by Gasteiger charge is -2.35. The fourth-order valence-electron chi connectivity index (χ4n) is 2.67. The van der Waals surface area contributed by atoms with Crippen molar-refractivity contribution in [1.82, 2.24) is 4.90 Å². The maximum absolute atomic E-state index is 12.5. The molecule has 0 bridgehead atoms. The van der Waals surface area contributed by atoms with Crippen LogP contribution < -0.4 is 0 Å². The van der Waals surface area contributed by atoms with Crippen LogP contribution >= 0.6 is 0 Å². The van der Waals surface area contributed by atoms with Gasteiger partial charge in [-0.05, 0) is 37.3 Å². The molecule has 1 atom stereocenters. The molecule has 0 aromatic heterocycles. The Morgan fingerprint density at radius 2 is 1.86 bits per heavy atom. The first kappa shape index (κ1) is 15.8. The monoisotopic (exact) mass is 301 g/mol. The third-order valence-corrected chi connectivity index (χ3v) is 3.98. The Kier molecular flexibility index (Phi) is 4.56. The third kappa shape index (κ3) is 3.56. The molecule has 1 unspecified atom stereocenters. The van der Waals surface area contributed by atoms with Crippen LogP contribution in [0.25, 0.3) is 0 Å². The molecular formula is C15H18F3NO2. The number of nitrogens with zero attached hydrogens (tertiary/aromatic N) is 1. The van der Waals surface area contributed by atoms with Crippen LogP contribution in [0.2, 0.25) is 0 Å². The highest BCUT2D eigenvalue weighted by Crippen LogP contribution is 2.32. The van der Waals surface area contributed by atoms with Crippen LogP contribution in [-0.4, -0.2) is 41.3 Å². The highest BCUT2D eigenvalue weighted by Gasteiger charge is 2.44. The van der Waals surface area contributed by atoms with Crippen molar-refractivity contribution in [2.45, 2.75) is 32.0 Å².